The highest BCUT2D eigenvalue weighted by Crippen LogP contribution is 2.19. The summed E-state index contributed by atoms with van der Waals surface area (Å²) in [5.74, 6) is -1.04. The van der Waals surface area contributed by atoms with Gasteiger partial charge >= 0.3 is 12.0 Å². The number of amides is 2. The fourth-order valence-corrected chi connectivity index (χ4v) is 1.90. The number of benzene rings is 1. The maximum Gasteiger partial charge on any atom is 0.326 e. The van der Waals surface area contributed by atoms with E-state index in [4.69, 9.17) is 5.11 Å². The van der Waals surface area contributed by atoms with E-state index in [2.05, 4.69) is 26.6 Å². The Bertz CT molecular complexity index is 463. The molecule has 0 aliphatic carbocycles. The molecule has 0 saturated heterocycles. The van der Waals surface area contributed by atoms with Gasteiger partial charge in [-0.3, -0.25) is 0 Å². The molecule has 0 bridgehead atoms. The summed E-state index contributed by atoms with van der Waals surface area (Å²) in [5.41, 5.74) is 1.54. The molecule has 0 heterocycles. The van der Waals surface area contributed by atoms with Crippen LogP contribution in [-0.2, 0) is 4.79 Å². The van der Waals surface area contributed by atoms with E-state index in [-0.39, 0.29) is 0 Å². The molecule has 3 N–H and O–H groups in total. The van der Waals surface area contributed by atoms with Crippen LogP contribution in [0.5, 0.6) is 0 Å². The SMILES string of the molecule is CC[C@@H](NC(=O)Nc1ccc(Br)cc1C)C(=O)O. The van der Waals surface area contributed by atoms with Crippen LogP contribution >= 0.6 is 15.9 Å². The smallest absolute Gasteiger partial charge is 0.326 e. The number of aryl methyl sites for hydroxylation is 1. The van der Waals surface area contributed by atoms with Gasteiger partial charge in [-0.15, -0.1) is 0 Å². The normalized spacial score (nSPS) is 11.7. The zero-order valence-corrected chi connectivity index (χ0v) is 11.7. The number of nitrogens with one attached hydrogen (secondary N) is 2. The van der Waals surface area contributed by atoms with E-state index in [1.807, 2.05) is 13.0 Å². The molecule has 0 radical (unpaired) electrons. The molecule has 1 aromatic rings. The Morgan fingerprint density at radius 3 is 2.61 bits per heavy atom. The lowest BCUT2D eigenvalue weighted by molar-refractivity contribution is -0.139. The average Bonchev–Trinajstić information content (AvgIpc) is 2.29. The Kier molecular flexibility index (Phi) is 5.15. The standard InChI is InChI=1S/C12H15BrN2O3/c1-3-9(11(16)17)14-12(18)15-10-5-4-8(13)6-7(10)2/h4-6,9H,3H2,1-2H3,(H,16,17)(H2,14,15,18)/t9-/m1/s1. The van der Waals surface area contributed by atoms with Crippen molar-refractivity contribution in [2.24, 2.45) is 0 Å². The number of anilines is 1. The third kappa shape index (κ3) is 4.03. The topological polar surface area (TPSA) is 78.4 Å². The van der Waals surface area contributed by atoms with E-state index < -0.39 is 18.0 Å². The van der Waals surface area contributed by atoms with E-state index in [1.54, 1.807) is 19.1 Å². The number of carbonyl (C=O) groups is 2. The Morgan fingerprint density at radius 2 is 2.11 bits per heavy atom. The van der Waals surface area contributed by atoms with Crippen molar-refractivity contribution in [3.63, 3.8) is 0 Å². The van der Waals surface area contributed by atoms with Crippen LogP contribution in [0.2, 0.25) is 0 Å². The summed E-state index contributed by atoms with van der Waals surface area (Å²) in [6, 6.07) is 4.03. The molecule has 98 valence electrons. The first-order chi connectivity index (χ1) is 8.43. The van der Waals surface area contributed by atoms with Gasteiger partial charge in [0.1, 0.15) is 6.04 Å². The zero-order chi connectivity index (χ0) is 13.7. The highest BCUT2D eigenvalue weighted by Gasteiger charge is 2.17. The van der Waals surface area contributed by atoms with Crippen molar-refractivity contribution < 1.29 is 14.7 Å². The highest BCUT2D eigenvalue weighted by molar-refractivity contribution is 9.10. The Balaban J connectivity index is 2.67. The quantitative estimate of drug-likeness (QED) is 0.799. The first-order valence-electron chi connectivity index (χ1n) is 5.50. The maximum atomic E-state index is 11.6. The second-order valence-electron chi connectivity index (χ2n) is 3.86. The first kappa shape index (κ1) is 14.5. The molecule has 18 heavy (non-hydrogen) atoms. The molecule has 2 amide bonds. The zero-order valence-electron chi connectivity index (χ0n) is 10.2. The molecular weight excluding hydrogens is 300 g/mol. The lowest BCUT2D eigenvalue weighted by Crippen LogP contribution is -2.42. The Morgan fingerprint density at radius 1 is 1.44 bits per heavy atom. The lowest BCUT2D eigenvalue weighted by atomic mass is 10.2. The van der Waals surface area contributed by atoms with E-state index >= 15 is 0 Å². The largest absolute Gasteiger partial charge is 0.480 e. The van der Waals surface area contributed by atoms with Gasteiger partial charge in [-0.1, -0.05) is 22.9 Å². The van der Waals surface area contributed by atoms with Crippen molar-refractivity contribution in [3.05, 3.63) is 28.2 Å². The van der Waals surface area contributed by atoms with Gasteiger partial charge in [0, 0.05) is 10.2 Å². The molecule has 0 aliphatic heterocycles. The summed E-state index contributed by atoms with van der Waals surface area (Å²) in [6.07, 6.45) is 0.335. The molecule has 5 nitrogen and oxygen atoms in total. The lowest BCUT2D eigenvalue weighted by Gasteiger charge is -2.14. The number of urea groups is 1. The molecule has 0 aliphatic rings. The number of carboxylic acids is 1. The van der Waals surface area contributed by atoms with Crippen LogP contribution < -0.4 is 10.6 Å². The van der Waals surface area contributed by atoms with Gasteiger partial charge in [0.15, 0.2) is 0 Å². The number of aliphatic carboxylic acids is 1. The van der Waals surface area contributed by atoms with Crippen LogP contribution in [0.1, 0.15) is 18.9 Å². The minimum atomic E-state index is -1.04. The number of carboxylic acid groups (broad SMARTS) is 1. The van der Waals surface area contributed by atoms with Gasteiger partial charge in [-0.2, -0.15) is 0 Å². The molecule has 0 unspecified atom stereocenters. The Labute approximate surface area is 114 Å². The molecule has 0 aromatic heterocycles. The van der Waals surface area contributed by atoms with Crippen molar-refractivity contribution in [1.29, 1.82) is 0 Å². The van der Waals surface area contributed by atoms with Crippen LogP contribution in [0.15, 0.2) is 22.7 Å². The predicted molar refractivity (Wildman–Crippen MR) is 72.7 cm³/mol. The second-order valence-corrected chi connectivity index (χ2v) is 4.77. The fraction of sp³-hybridized carbons (Fsp3) is 0.333. The van der Waals surface area contributed by atoms with Gasteiger partial charge in [0.25, 0.3) is 0 Å². The Hall–Kier alpha value is -1.56. The van der Waals surface area contributed by atoms with Crippen molar-refractivity contribution in [2.45, 2.75) is 26.3 Å². The summed E-state index contributed by atoms with van der Waals surface area (Å²) < 4.78 is 0.919. The third-order valence-corrected chi connectivity index (χ3v) is 2.94. The second kappa shape index (κ2) is 6.39. The fourth-order valence-electron chi connectivity index (χ4n) is 1.42. The van der Waals surface area contributed by atoms with Gasteiger partial charge < -0.3 is 15.7 Å². The average molecular weight is 315 g/mol. The van der Waals surface area contributed by atoms with Crippen LogP contribution in [0.25, 0.3) is 0 Å². The first-order valence-corrected chi connectivity index (χ1v) is 6.29. The van der Waals surface area contributed by atoms with Crippen LogP contribution in [-0.4, -0.2) is 23.1 Å². The number of halogens is 1. The van der Waals surface area contributed by atoms with Gasteiger partial charge in [-0.05, 0) is 37.1 Å². The highest BCUT2D eigenvalue weighted by atomic mass is 79.9. The number of hydrogen-bond acceptors (Lipinski definition) is 2. The van der Waals surface area contributed by atoms with Gasteiger partial charge in [0.05, 0.1) is 0 Å². The summed E-state index contributed by atoms with van der Waals surface area (Å²) in [6.45, 7) is 3.55. The molecule has 1 rings (SSSR count). The maximum absolute atomic E-state index is 11.6. The molecule has 0 spiro atoms. The van der Waals surface area contributed by atoms with E-state index in [0.29, 0.717) is 12.1 Å². The molecular formula is C12H15BrN2O3. The number of hydrogen-bond donors (Lipinski definition) is 3. The van der Waals surface area contributed by atoms with Gasteiger partial charge in [-0.25, -0.2) is 9.59 Å². The molecule has 0 saturated carbocycles. The van der Waals surface area contributed by atoms with Gasteiger partial charge in [0.2, 0.25) is 0 Å². The molecule has 6 heteroatoms. The van der Waals surface area contributed by atoms with Crippen LogP contribution in [0, 0.1) is 6.92 Å². The summed E-state index contributed by atoms with van der Waals surface area (Å²) in [7, 11) is 0. The monoisotopic (exact) mass is 314 g/mol. The molecule has 0 fully saturated rings. The van der Waals surface area contributed by atoms with Crippen molar-refractivity contribution in [3.8, 4) is 0 Å². The van der Waals surface area contributed by atoms with E-state index in [0.717, 1.165) is 10.0 Å². The van der Waals surface area contributed by atoms with Crippen molar-refractivity contribution in [2.75, 3.05) is 5.32 Å². The van der Waals surface area contributed by atoms with Crippen LogP contribution in [0.4, 0.5) is 10.5 Å². The van der Waals surface area contributed by atoms with Crippen LogP contribution in [0.3, 0.4) is 0 Å². The molecule has 1 atom stereocenters. The number of rotatable bonds is 4. The minimum Gasteiger partial charge on any atom is -0.480 e. The molecule has 1 aromatic carbocycles. The number of carbonyl (C=O) groups excluding carboxylic acids is 1. The summed E-state index contributed by atoms with van der Waals surface area (Å²) >= 11 is 3.33. The third-order valence-electron chi connectivity index (χ3n) is 2.45. The summed E-state index contributed by atoms with van der Waals surface area (Å²) in [4.78, 5) is 22.4. The minimum absolute atomic E-state index is 0.335. The predicted octanol–water partition coefficient (Wildman–Crippen LogP) is 2.74. The van der Waals surface area contributed by atoms with E-state index in [9.17, 15) is 9.59 Å². The van der Waals surface area contributed by atoms with E-state index in [1.165, 1.54) is 0 Å². The van der Waals surface area contributed by atoms with Crippen molar-refractivity contribution in [1.82, 2.24) is 5.32 Å². The van der Waals surface area contributed by atoms with Crippen molar-refractivity contribution >= 4 is 33.6 Å². The summed E-state index contributed by atoms with van der Waals surface area (Å²) in [5, 5.41) is 13.8.